The van der Waals surface area contributed by atoms with Crippen molar-refractivity contribution in [1.82, 2.24) is 4.90 Å². The molecular formula is C15H21FN2O2. The van der Waals surface area contributed by atoms with E-state index >= 15 is 0 Å². The van der Waals surface area contributed by atoms with Gasteiger partial charge in [-0.3, -0.25) is 9.69 Å². The minimum atomic E-state index is -0.634. The summed E-state index contributed by atoms with van der Waals surface area (Å²) in [5.41, 5.74) is 0.378. The van der Waals surface area contributed by atoms with Crippen LogP contribution in [0.1, 0.15) is 25.3 Å². The number of nitrogens with zero attached hydrogens (tertiary/aromatic N) is 1. The fraction of sp³-hybridized carbons (Fsp3) is 0.533. The number of carbonyl (C=O) groups excluding carboxylic acids is 1. The quantitative estimate of drug-likeness (QED) is 0.866. The first-order chi connectivity index (χ1) is 9.42. The third-order valence-corrected chi connectivity index (χ3v) is 3.57. The molecule has 0 unspecified atom stereocenters. The smallest absolute Gasteiger partial charge is 0.238 e. The van der Waals surface area contributed by atoms with Gasteiger partial charge in [-0.1, -0.05) is 19.4 Å². The summed E-state index contributed by atoms with van der Waals surface area (Å²) in [5, 5.41) is 12.7. The van der Waals surface area contributed by atoms with E-state index in [0.717, 1.165) is 12.8 Å². The summed E-state index contributed by atoms with van der Waals surface area (Å²) in [6, 6.07) is 4.63. The number of nitrogens with one attached hydrogen (secondary N) is 1. The highest BCUT2D eigenvalue weighted by Gasteiger charge is 2.40. The van der Waals surface area contributed by atoms with Gasteiger partial charge in [-0.25, -0.2) is 4.39 Å². The number of rotatable bonds is 5. The summed E-state index contributed by atoms with van der Waals surface area (Å²) in [4.78, 5) is 13.7. The van der Waals surface area contributed by atoms with Gasteiger partial charge in [0.25, 0.3) is 0 Å². The van der Waals surface area contributed by atoms with Crippen molar-refractivity contribution in [3.05, 3.63) is 29.6 Å². The second-order valence-electron chi connectivity index (χ2n) is 5.63. The van der Waals surface area contributed by atoms with E-state index < -0.39 is 5.60 Å². The minimum Gasteiger partial charge on any atom is -0.387 e. The molecule has 1 aromatic carbocycles. The maximum atomic E-state index is 13.4. The van der Waals surface area contributed by atoms with Crippen LogP contribution in [0.2, 0.25) is 0 Å². The van der Waals surface area contributed by atoms with E-state index in [1.807, 2.05) is 11.8 Å². The monoisotopic (exact) mass is 280 g/mol. The topological polar surface area (TPSA) is 52.6 Å². The van der Waals surface area contributed by atoms with Crippen molar-refractivity contribution in [2.45, 2.75) is 32.3 Å². The van der Waals surface area contributed by atoms with E-state index in [2.05, 4.69) is 5.32 Å². The average molecular weight is 280 g/mol. The summed E-state index contributed by atoms with van der Waals surface area (Å²) in [7, 11) is 0. The van der Waals surface area contributed by atoms with Crippen molar-refractivity contribution in [2.75, 3.05) is 25.0 Å². The van der Waals surface area contributed by atoms with E-state index in [-0.39, 0.29) is 18.3 Å². The van der Waals surface area contributed by atoms with Crippen LogP contribution in [0.3, 0.4) is 0 Å². The molecule has 0 aromatic heterocycles. The summed E-state index contributed by atoms with van der Waals surface area (Å²) < 4.78 is 13.4. The molecule has 0 spiro atoms. The number of aliphatic hydroxyl groups is 1. The number of halogens is 1. The average Bonchev–Trinajstić information content (AvgIpc) is 2.32. The van der Waals surface area contributed by atoms with Crippen LogP contribution in [0.15, 0.2) is 18.2 Å². The molecule has 1 aromatic rings. The predicted octanol–water partition coefficient (Wildman–Crippen LogP) is 1.92. The molecule has 0 saturated carbocycles. The molecule has 1 amide bonds. The third-order valence-electron chi connectivity index (χ3n) is 3.57. The van der Waals surface area contributed by atoms with Crippen LogP contribution in [-0.4, -0.2) is 41.1 Å². The first-order valence-corrected chi connectivity index (χ1v) is 6.92. The molecule has 1 fully saturated rings. The van der Waals surface area contributed by atoms with Gasteiger partial charge >= 0.3 is 0 Å². The molecule has 0 radical (unpaired) electrons. The van der Waals surface area contributed by atoms with Gasteiger partial charge < -0.3 is 10.4 Å². The van der Waals surface area contributed by atoms with Crippen molar-refractivity contribution < 1.29 is 14.3 Å². The standard InChI is InChI=1S/C15H21FN2O2/c1-3-6-15(20)9-18(10-15)8-14(19)17-12-5-4-11(2)13(16)7-12/h4-5,7,20H,3,6,8-10H2,1-2H3,(H,17,19). The van der Waals surface area contributed by atoms with Gasteiger partial charge in [0.15, 0.2) is 0 Å². The molecule has 1 heterocycles. The zero-order valence-corrected chi connectivity index (χ0v) is 11.9. The van der Waals surface area contributed by atoms with Crippen molar-refractivity contribution in [3.63, 3.8) is 0 Å². The van der Waals surface area contributed by atoms with Crippen molar-refractivity contribution in [3.8, 4) is 0 Å². The van der Waals surface area contributed by atoms with Gasteiger partial charge in [0, 0.05) is 18.8 Å². The fourth-order valence-electron chi connectivity index (χ4n) is 2.60. The molecule has 20 heavy (non-hydrogen) atoms. The van der Waals surface area contributed by atoms with Gasteiger partial charge in [-0.15, -0.1) is 0 Å². The molecular weight excluding hydrogens is 259 g/mol. The van der Waals surface area contributed by atoms with Crippen LogP contribution in [0.25, 0.3) is 0 Å². The van der Waals surface area contributed by atoms with Crippen molar-refractivity contribution >= 4 is 11.6 Å². The van der Waals surface area contributed by atoms with Gasteiger partial charge in [0.05, 0.1) is 12.1 Å². The number of amides is 1. The number of hydrogen-bond acceptors (Lipinski definition) is 3. The van der Waals surface area contributed by atoms with Crippen molar-refractivity contribution in [1.29, 1.82) is 0 Å². The molecule has 110 valence electrons. The maximum Gasteiger partial charge on any atom is 0.238 e. The highest BCUT2D eigenvalue weighted by molar-refractivity contribution is 5.92. The zero-order valence-electron chi connectivity index (χ0n) is 11.9. The van der Waals surface area contributed by atoms with Crippen molar-refractivity contribution in [2.24, 2.45) is 0 Å². The molecule has 1 aliphatic heterocycles. The van der Waals surface area contributed by atoms with E-state index in [9.17, 15) is 14.3 Å². The zero-order chi connectivity index (χ0) is 14.8. The SMILES string of the molecule is CCCC1(O)CN(CC(=O)Nc2ccc(C)c(F)c2)C1. The van der Waals surface area contributed by atoms with Crippen LogP contribution >= 0.6 is 0 Å². The van der Waals surface area contributed by atoms with Crippen LogP contribution in [0, 0.1) is 12.7 Å². The Labute approximate surface area is 118 Å². The normalized spacial score (nSPS) is 17.6. The van der Waals surface area contributed by atoms with Gasteiger partial charge in [-0.05, 0) is 31.0 Å². The van der Waals surface area contributed by atoms with E-state index in [1.54, 1.807) is 19.1 Å². The number of β-amino-alcohol motifs (C(OH)–C–C–N with tert-alkyl or cyclic N) is 1. The summed E-state index contributed by atoms with van der Waals surface area (Å²) >= 11 is 0. The highest BCUT2D eigenvalue weighted by atomic mass is 19.1. The van der Waals surface area contributed by atoms with Gasteiger partial charge in [0.2, 0.25) is 5.91 Å². The lowest BCUT2D eigenvalue weighted by molar-refractivity contribution is -0.129. The van der Waals surface area contributed by atoms with E-state index in [1.165, 1.54) is 6.07 Å². The molecule has 1 saturated heterocycles. The lowest BCUT2D eigenvalue weighted by Gasteiger charge is -2.46. The second-order valence-corrected chi connectivity index (χ2v) is 5.63. The molecule has 0 bridgehead atoms. The third kappa shape index (κ3) is 3.55. The number of aryl methyl sites for hydroxylation is 1. The van der Waals surface area contributed by atoms with E-state index in [0.29, 0.717) is 24.3 Å². The molecule has 0 atom stereocenters. The fourth-order valence-corrected chi connectivity index (χ4v) is 2.60. The Hall–Kier alpha value is -1.46. The van der Waals surface area contributed by atoms with Crippen LogP contribution < -0.4 is 5.32 Å². The number of benzene rings is 1. The Kier molecular flexibility index (Phi) is 4.40. The first-order valence-electron chi connectivity index (χ1n) is 6.92. The molecule has 4 nitrogen and oxygen atoms in total. The van der Waals surface area contributed by atoms with Crippen LogP contribution in [0.5, 0.6) is 0 Å². The molecule has 1 aliphatic rings. The number of anilines is 1. The van der Waals surface area contributed by atoms with Gasteiger partial charge in [-0.2, -0.15) is 0 Å². The van der Waals surface area contributed by atoms with E-state index in [4.69, 9.17) is 0 Å². The molecule has 2 N–H and O–H groups in total. The Morgan fingerprint density at radius 3 is 2.80 bits per heavy atom. The molecule has 2 rings (SSSR count). The van der Waals surface area contributed by atoms with Crippen LogP contribution in [-0.2, 0) is 4.79 Å². The maximum absolute atomic E-state index is 13.4. The largest absolute Gasteiger partial charge is 0.387 e. The lowest BCUT2D eigenvalue weighted by Crippen LogP contribution is -2.62. The molecule has 0 aliphatic carbocycles. The predicted molar refractivity (Wildman–Crippen MR) is 76.1 cm³/mol. The highest BCUT2D eigenvalue weighted by Crippen LogP contribution is 2.25. The Bertz CT molecular complexity index is 499. The first kappa shape index (κ1) is 14.9. The Morgan fingerprint density at radius 1 is 1.50 bits per heavy atom. The Balaban J connectivity index is 1.81. The summed E-state index contributed by atoms with van der Waals surface area (Å²) in [5.74, 6) is -0.518. The van der Waals surface area contributed by atoms with Gasteiger partial charge in [0.1, 0.15) is 5.82 Å². The van der Waals surface area contributed by atoms with Crippen LogP contribution in [0.4, 0.5) is 10.1 Å². The lowest BCUT2D eigenvalue weighted by atomic mass is 9.89. The minimum absolute atomic E-state index is 0.188. The summed E-state index contributed by atoms with van der Waals surface area (Å²) in [6.45, 7) is 4.98. The second kappa shape index (κ2) is 5.89. The summed E-state index contributed by atoms with van der Waals surface area (Å²) in [6.07, 6.45) is 1.69. The molecule has 5 heteroatoms. The number of likely N-dealkylation sites (tertiary alicyclic amines) is 1. The number of carbonyl (C=O) groups is 1. The number of hydrogen-bond donors (Lipinski definition) is 2. The Morgan fingerprint density at radius 2 is 2.20 bits per heavy atom.